The summed E-state index contributed by atoms with van der Waals surface area (Å²) in [4.78, 5) is 11.7. The fourth-order valence-electron chi connectivity index (χ4n) is 2.26. The van der Waals surface area contributed by atoms with Gasteiger partial charge in [-0.25, -0.2) is 0 Å². The molecule has 0 aromatic heterocycles. The first kappa shape index (κ1) is 11.9. The lowest BCUT2D eigenvalue weighted by Gasteiger charge is -2.09. The third kappa shape index (κ3) is 3.45. The van der Waals surface area contributed by atoms with E-state index in [9.17, 15) is 4.79 Å². The molecular formula is C15H19NO. The first-order valence-corrected chi connectivity index (χ1v) is 6.30. The number of hydrogen-bond acceptors (Lipinski definition) is 1. The molecular weight excluding hydrogens is 210 g/mol. The van der Waals surface area contributed by atoms with E-state index in [1.54, 1.807) is 6.08 Å². The highest BCUT2D eigenvalue weighted by atomic mass is 16.1. The Morgan fingerprint density at radius 2 is 2.00 bits per heavy atom. The molecule has 2 heteroatoms. The van der Waals surface area contributed by atoms with Crippen LogP contribution in [-0.4, -0.2) is 11.9 Å². The van der Waals surface area contributed by atoms with Gasteiger partial charge in [0.15, 0.2) is 0 Å². The molecule has 2 rings (SSSR count). The number of carbonyl (C=O) groups excluding carboxylic acids is 1. The van der Waals surface area contributed by atoms with Crippen LogP contribution in [0.2, 0.25) is 0 Å². The minimum atomic E-state index is 0.0279. The van der Waals surface area contributed by atoms with Crippen LogP contribution in [0.25, 0.3) is 6.08 Å². The van der Waals surface area contributed by atoms with E-state index >= 15 is 0 Å². The Morgan fingerprint density at radius 1 is 1.29 bits per heavy atom. The van der Waals surface area contributed by atoms with Gasteiger partial charge < -0.3 is 5.32 Å². The average Bonchev–Trinajstić information content (AvgIpc) is 2.81. The number of benzene rings is 1. The van der Waals surface area contributed by atoms with Crippen molar-refractivity contribution in [2.24, 2.45) is 0 Å². The Kier molecular flexibility index (Phi) is 3.97. The van der Waals surface area contributed by atoms with E-state index < -0.39 is 0 Å². The fourth-order valence-corrected chi connectivity index (χ4v) is 2.26. The van der Waals surface area contributed by atoms with Crippen LogP contribution >= 0.6 is 0 Å². The molecule has 90 valence electrons. The molecule has 0 radical (unpaired) electrons. The normalized spacial score (nSPS) is 16.5. The maximum atomic E-state index is 11.7. The standard InChI is InChI=1S/C15H19NO/c1-12-6-2-3-7-13(12)10-11-15(17)16-14-8-4-5-9-14/h2-3,6-7,10-11,14H,4-5,8-9H2,1H3,(H,16,17)/b11-10-. The molecule has 1 fully saturated rings. The largest absolute Gasteiger partial charge is 0.350 e. The van der Waals surface area contributed by atoms with Crippen molar-refractivity contribution in [2.45, 2.75) is 38.6 Å². The lowest BCUT2D eigenvalue weighted by molar-refractivity contribution is -0.117. The van der Waals surface area contributed by atoms with E-state index in [1.165, 1.54) is 18.4 Å². The monoisotopic (exact) mass is 229 g/mol. The highest BCUT2D eigenvalue weighted by molar-refractivity contribution is 5.92. The van der Waals surface area contributed by atoms with Crippen molar-refractivity contribution in [1.82, 2.24) is 5.32 Å². The Balaban J connectivity index is 1.91. The highest BCUT2D eigenvalue weighted by Crippen LogP contribution is 2.17. The predicted molar refractivity (Wildman–Crippen MR) is 70.6 cm³/mol. The minimum Gasteiger partial charge on any atom is -0.350 e. The maximum Gasteiger partial charge on any atom is 0.244 e. The van der Waals surface area contributed by atoms with Crippen LogP contribution in [0, 0.1) is 6.92 Å². The van der Waals surface area contributed by atoms with Crippen molar-refractivity contribution >= 4 is 12.0 Å². The summed E-state index contributed by atoms with van der Waals surface area (Å²) in [5.41, 5.74) is 2.30. The first-order valence-electron chi connectivity index (χ1n) is 6.30. The van der Waals surface area contributed by atoms with Gasteiger partial charge in [0.05, 0.1) is 0 Å². The fraction of sp³-hybridized carbons (Fsp3) is 0.400. The van der Waals surface area contributed by atoms with Crippen LogP contribution in [0.15, 0.2) is 30.3 Å². The lowest BCUT2D eigenvalue weighted by Crippen LogP contribution is -2.30. The number of aryl methyl sites for hydroxylation is 1. The quantitative estimate of drug-likeness (QED) is 0.793. The molecule has 0 aliphatic heterocycles. The first-order chi connectivity index (χ1) is 8.25. The van der Waals surface area contributed by atoms with Crippen molar-refractivity contribution in [3.8, 4) is 0 Å². The van der Waals surface area contributed by atoms with Gasteiger partial charge in [-0.15, -0.1) is 0 Å². The van der Waals surface area contributed by atoms with Gasteiger partial charge in [-0.1, -0.05) is 37.1 Å². The summed E-state index contributed by atoms with van der Waals surface area (Å²) in [6, 6.07) is 8.46. The molecule has 1 amide bonds. The lowest BCUT2D eigenvalue weighted by atomic mass is 10.1. The van der Waals surface area contributed by atoms with Crippen molar-refractivity contribution in [1.29, 1.82) is 0 Å². The van der Waals surface area contributed by atoms with Crippen molar-refractivity contribution in [3.05, 3.63) is 41.5 Å². The molecule has 0 heterocycles. The summed E-state index contributed by atoms with van der Waals surface area (Å²) >= 11 is 0. The van der Waals surface area contributed by atoms with Crippen LogP contribution in [0.3, 0.4) is 0 Å². The SMILES string of the molecule is Cc1ccccc1/C=C\C(=O)NC1CCCC1. The third-order valence-corrected chi connectivity index (χ3v) is 3.30. The van der Waals surface area contributed by atoms with Crippen LogP contribution in [0.1, 0.15) is 36.8 Å². The summed E-state index contributed by atoms with van der Waals surface area (Å²) in [5, 5.41) is 3.04. The van der Waals surface area contributed by atoms with Crippen LogP contribution in [0.5, 0.6) is 0 Å². The predicted octanol–water partition coefficient (Wildman–Crippen LogP) is 3.07. The molecule has 0 spiro atoms. The smallest absolute Gasteiger partial charge is 0.244 e. The van der Waals surface area contributed by atoms with Gasteiger partial charge in [0.25, 0.3) is 0 Å². The Labute approximate surface area is 103 Å². The van der Waals surface area contributed by atoms with Gasteiger partial charge in [-0.2, -0.15) is 0 Å². The van der Waals surface area contributed by atoms with Crippen molar-refractivity contribution in [3.63, 3.8) is 0 Å². The average molecular weight is 229 g/mol. The molecule has 0 saturated heterocycles. The van der Waals surface area contributed by atoms with E-state index in [-0.39, 0.29) is 5.91 Å². The molecule has 0 unspecified atom stereocenters. The zero-order valence-electron chi connectivity index (χ0n) is 10.3. The van der Waals surface area contributed by atoms with E-state index in [4.69, 9.17) is 0 Å². The van der Waals surface area contributed by atoms with Gasteiger partial charge in [0.2, 0.25) is 5.91 Å². The number of hydrogen-bond donors (Lipinski definition) is 1. The Morgan fingerprint density at radius 3 is 2.71 bits per heavy atom. The number of amides is 1. The second-order valence-electron chi connectivity index (χ2n) is 4.68. The molecule has 1 aromatic rings. The molecule has 2 nitrogen and oxygen atoms in total. The minimum absolute atomic E-state index is 0.0279. The topological polar surface area (TPSA) is 29.1 Å². The van der Waals surface area contributed by atoms with Crippen molar-refractivity contribution < 1.29 is 4.79 Å². The van der Waals surface area contributed by atoms with E-state index in [2.05, 4.69) is 18.3 Å². The molecule has 0 bridgehead atoms. The van der Waals surface area contributed by atoms with Gasteiger partial charge in [-0.3, -0.25) is 4.79 Å². The number of carbonyl (C=O) groups is 1. The number of rotatable bonds is 3. The third-order valence-electron chi connectivity index (χ3n) is 3.30. The summed E-state index contributed by atoms with van der Waals surface area (Å²) in [5.74, 6) is 0.0279. The van der Waals surface area contributed by atoms with E-state index in [0.717, 1.165) is 18.4 Å². The molecule has 0 atom stereocenters. The van der Waals surface area contributed by atoms with Crippen LogP contribution < -0.4 is 5.32 Å². The second-order valence-corrected chi connectivity index (χ2v) is 4.68. The van der Waals surface area contributed by atoms with Gasteiger partial charge in [0.1, 0.15) is 0 Å². The molecule has 17 heavy (non-hydrogen) atoms. The Hall–Kier alpha value is -1.57. The molecule has 1 saturated carbocycles. The molecule has 1 N–H and O–H groups in total. The van der Waals surface area contributed by atoms with Gasteiger partial charge >= 0.3 is 0 Å². The summed E-state index contributed by atoms with van der Waals surface area (Å²) in [6.45, 7) is 2.05. The van der Waals surface area contributed by atoms with E-state index in [1.807, 2.05) is 24.3 Å². The summed E-state index contributed by atoms with van der Waals surface area (Å²) in [7, 11) is 0. The molecule has 1 aliphatic rings. The summed E-state index contributed by atoms with van der Waals surface area (Å²) in [6.07, 6.45) is 8.27. The van der Waals surface area contributed by atoms with E-state index in [0.29, 0.717) is 6.04 Å². The molecule has 1 aromatic carbocycles. The van der Waals surface area contributed by atoms with Crippen LogP contribution in [-0.2, 0) is 4.79 Å². The summed E-state index contributed by atoms with van der Waals surface area (Å²) < 4.78 is 0. The molecule has 1 aliphatic carbocycles. The van der Waals surface area contributed by atoms with Crippen LogP contribution in [0.4, 0.5) is 0 Å². The highest BCUT2D eigenvalue weighted by Gasteiger charge is 2.15. The van der Waals surface area contributed by atoms with Gasteiger partial charge in [0, 0.05) is 12.1 Å². The second kappa shape index (κ2) is 5.67. The maximum absolute atomic E-state index is 11.7. The van der Waals surface area contributed by atoms with Crippen molar-refractivity contribution in [2.75, 3.05) is 0 Å². The Bertz CT molecular complexity index is 417. The number of nitrogens with one attached hydrogen (secondary N) is 1. The van der Waals surface area contributed by atoms with Gasteiger partial charge in [-0.05, 0) is 37.0 Å². The zero-order chi connectivity index (χ0) is 12.1. The zero-order valence-corrected chi connectivity index (χ0v) is 10.3.